The van der Waals surface area contributed by atoms with Crippen LogP contribution in [0.4, 0.5) is 5.69 Å². The smallest absolute Gasteiger partial charge is 0.329 e. The maximum Gasteiger partial charge on any atom is 0.329 e. The van der Waals surface area contributed by atoms with E-state index in [-0.39, 0.29) is 0 Å². The number of hydrogen-bond acceptors (Lipinski definition) is 4. The summed E-state index contributed by atoms with van der Waals surface area (Å²) in [6.45, 7) is 0. The Morgan fingerprint density at radius 2 is 1.50 bits per heavy atom. The molecular weight excluding hydrogens is 378 g/mol. The number of benzene rings is 1. The first-order valence-electron chi connectivity index (χ1n) is 10.1. The average Bonchev–Trinajstić information content (AvgIpc) is 2.67. The maximum atomic E-state index is 12.2. The van der Waals surface area contributed by atoms with Crippen LogP contribution in [0.3, 0.4) is 0 Å². The van der Waals surface area contributed by atoms with Crippen molar-refractivity contribution in [2.75, 3.05) is 12.4 Å². The molecule has 1 aromatic carbocycles. The van der Waals surface area contributed by atoms with Gasteiger partial charge in [-0.15, -0.1) is 0 Å². The summed E-state index contributed by atoms with van der Waals surface area (Å²) in [6.07, 6.45) is 12.7. The number of halogens is 1. The van der Waals surface area contributed by atoms with Crippen molar-refractivity contribution in [1.82, 2.24) is 5.43 Å². The Bertz CT molecular complexity index is 677. The van der Waals surface area contributed by atoms with Gasteiger partial charge in [0.25, 0.3) is 0 Å². The number of nitrogens with zero attached hydrogens (tertiary/aromatic N) is 1. The van der Waals surface area contributed by atoms with Crippen LogP contribution in [0.1, 0.15) is 70.6 Å². The summed E-state index contributed by atoms with van der Waals surface area (Å²) in [5, 5.41) is 7.18. The standard InChI is InChI=1S/C21H30ClN3O3/c1-28-19-14-13-16(22)15-18(19)23-20(26)21(27)25-24-17-11-9-7-5-3-2-4-6-8-10-12-17/h13-15H,2-12H2,1H3,(H,23,26)(H,25,27). The SMILES string of the molecule is COc1ccc(Cl)cc1NC(=O)C(=O)NN=C1CCCCCCCCCCC1. The number of ether oxygens (including phenoxy) is 1. The number of amides is 2. The first kappa shape index (κ1) is 22.2. The van der Waals surface area contributed by atoms with Gasteiger partial charge in [-0.2, -0.15) is 5.10 Å². The summed E-state index contributed by atoms with van der Waals surface area (Å²) in [5.74, 6) is -1.19. The second-order valence-corrected chi connectivity index (χ2v) is 7.54. The van der Waals surface area contributed by atoms with Crippen LogP contribution in [0.25, 0.3) is 0 Å². The highest BCUT2D eigenvalue weighted by Crippen LogP contribution is 2.27. The molecule has 6 nitrogen and oxygen atoms in total. The third kappa shape index (κ3) is 7.89. The Labute approximate surface area is 172 Å². The number of methoxy groups -OCH3 is 1. The van der Waals surface area contributed by atoms with Crippen LogP contribution in [-0.4, -0.2) is 24.6 Å². The second kappa shape index (κ2) is 12.4. The van der Waals surface area contributed by atoms with Gasteiger partial charge < -0.3 is 10.1 Å². The van der Waals surface area contributed by atoms with E-state index in [0.29, 0.717) is 16.5 Å². The van der Waals surface area contributed by atoms with Crippen LogP contribution in [-0.2, 0) is 9.59 Å². The molecule has 2 N–H and O–H groups in total. The molecule has 0 radical (unpaired) electrons. The van der Waals surface area contributed by atoms with Crippen molar-refractivity contribution in [3.05, 3.63) is 23.2 Å². The van der Waals surface area contributed by atoms with Crippen molar-refractivity contribution in [2.45, 2.75) is 70.6 Å². The monoisotopic (exact) mass is 407 g/mol. The van der Waals surface area contributed by atoms with Crippen LogP contribution < -0.4 is 15.5 Å². The van der Waals surface area contributed by atoms with Gasteiger partial charge in [0.15, 0.2) is 0 Å². The molecule has 0 saturated heterocycles. The number of carbonyl (C=O) groups excluding carboxylic acids is 2. The van der Waals surface area contributed by atoms with E-state index in [1.165, 1.54) is 58.1 Å². The Morgan fingerprint density at radius 1 is 0.929 bits per heavy atom. The number of rotatable bonds is 3. The fourth-order valence-electron chi connectivity index (χ4n) is 3.27. The van der Waals surface area contributed by atoms with Gasteiger partial charge in [-0.1, -0.05) is 56.5 Å². The number of carbonyl (C=O) groups is 2. The molecule has 0 aromatic heterocycles. The summed E-state index contributed by atoms with van der Waals surface area (Å²) in [5.41, 5.74) is 3.70. The second-order valence-electron chi connectivity index (χ2n) is 7.10. The van der Waals surface area contributed by atoms with Gasteiger partial charge in [-0.3, -0.25) is 9.59 Å². The molecule has 154 valence electrons. The maximum absolute atomic E-state index is 12.2. The molecule has 1 saturated carbocycles. The molecule has 28 heavy (non-hydrogen) atoms. The minimum atomic E-state index is -0.807. The molecule has 0 bridgehead atoms. The van der Waals surface area contributed by atoms with Crippen molar-refractivity contribution in [3.8, 4) is 5.75 Å². The molecule has 0 aliphatic heterocycles. The molecule has 0 heterocycles. The van der Waals surface area contributed by atoms with E-state index in [9.17, 15) is 9.59 Å². The first-order chi connectivity index (χ1) is 13.6. The van der Waals surface area contributed by atoms with Crippen LogP contribution >= 0.6 is 11.6 Å². The van der Waals surface area contributed by atoms with Crippen LogP contribution in [0, 0.1) is 0 Å². The van der Waals surface area contributed by atoms with E-state index in [4.69, 9.17) is 16.3 Å². The highest BCUT2D eigenvalue weighted by atomic mass is 35.5. The van der Waals surface area contributed by atoms with Crippen LogP contribution in [0.2, 0.25) is 5.02 Å². The van der Waals surface area contributed by atoms with E-state index in [2.05, 4.69) is 15.8 Å². The summed E-state index contributed by atoms with van der Waals surface area (Å²) in [6, 6.07) is 4.80. The Hall–Kier alpha value is -2.08. The van der Waals surface area contributed by atoms with Crippen LogP contribution in [0.15, 0.2) is 23.3 Å². The first-order valence-corrected chi connectivity index (χ1v) is 10.5. The molecule has 1 fully saturated rings. The molecule has 1 aromatic rings. The Morgan fingerprint density at radius 3 is 2.07 bits per heavy atom. The molecule has 0 spiro atoms. The average molecular weight is 408 g/mol. The Kier molecular flexibility index (Phi) is 9.83. The highest BCUT2D eigenvalue weighted by Gasteiger charge is 2.16. The minimum absolute atomic E-state index is 0.341. The van der Waals surface area contributed by atoms with Gasteiger partial charge in [0.2, 0.25) is 0 Å². The molecule has 2 rings (SSSR count). The summed E-state index contributed by atoms with van der Waals surface area (Å²) in [7, 11) is 1.48. The fourth-order valence-corrected chi connectivity index (χ4v) is 3.44. The van der Waals surface area contributed by atoms with Crippen LogP contribution in [0.5, 0.6) is 5.75 Å². The van der Waals surface area contributed by atoms with Crippen molar-refractivity contribution in [3.63, 3.8) is 0 Å². The molecule has 0 atom stereocenters. The van der Waals surface area contributed by atoms with Crippen molar-refractivity contribution < 1.29 is 14.3 Å². The van der Waals surface area contributed by atoms with Gasteiger partial charge in [0.05, 0.1) is 12.8 Å². The van der Waals surface area contributed by atoms with Crippen molar-refractivity contribution in [1.29, 1.82) is 0 Å². The third-order valence-corrected chi connectivity index (χ3v) is 5.10. The van der Waals surface area contributed by atoms with E-state index in [1.54, 1.807) is 12.1 Å². The lowest BCUT2D eigenvalue weighted by Crippen LogP contribution is -2.33. The number of hydrazone groups is 1. The van der Waals surface area contributed by atoms with E-state index < -0.39 is 11.8 Å². The molecular formula is C21H30ClN3O3. The Balaban J connectivity index is 1.91. The number of hydrogen-bond donors (Lipinski definition) is 2. The topological polar surface area (TPSA) is 79.8 Å². The summed E-state index contributed by atoms with van der Waals surface area (Å²) < 4.78 is 5.17. The molecule has 1 aliphatic carbocycles. The van der Waals surface area contributed by atoms with Gasteiger partial charge in [-0.05, 0) is 43.9 Å². The zero-order chi connectivity index (χ0) is 20.2. The van der Waals surface area contributed by atoms with Gasteiger partial charge >= 0.3 is 11.8 Å². The van der Waals surface area contributed by atoms with E-state index >= 15 is 0 Å². The molecule has 1 aliphatic rings. The quantitative estimate of drug-likeness (QED) is 0.542. The molecule has 2 amide bonds. The number of anilines is 1. The van der Waals surface area contributed by atoms with Gasteiger partial charge in [0, 0.05) is 10.7 Å². The summed E-state index contributed by atoms with van der Waals surface area (Å²) >= 11 is 5.95. The highest BCUT2D eigenvalue weighted by molar-refractivity contribution is 6.40. The predicted molar refractivity (Wildman–Crippen MR) is 113 cm³/mol. The van der Waals surface area contributed by atoms with Crippen molar-refractivity contribution in [2.24, 2.45) is 5.10 Å². The lowest BCUT2D eigenvalue weighted by atomic mass is 10.00. The predicted octanol–water partition coefficient (Wildman–Crippen LogP) is 5.06. The van der Waals surface area contributed by atoms with E-state index in [0.717, 1.165) is 31.4 Å². The fraction of sp³-hybridized carbons (Fsp3) is 0.571. The van der Waals surface area contributed by atoms with E-state index in [1.807, 2.05) is 0 Å². The van der Waals surface area contributed by atoms with Crippen molar-refractivity contribution >= 4 is 34.8 Å². The number of nitrogens with one attached hydrogen (secondary N) is 2. The van der Waals surface area contributed by atoms with Gasteiger partial charge in [-0.25, -0.2) is 5.43 Å². The third-order valence-electron chi connectivity index (χ3n) is 4.86. The minimum Gasteiger partial charge on any atom is -0.495 e. The zero-order valence-electron chi connectivity index (χ0n) is 16.6. The largest absolute Gasteiger partial charge is 0.495 e. The summed E-state index contributed by atoms with van der Waals surface area (Å²) in [4.78, 5) is 24.3. The molecule has 7 heteroatoms. The lowest BCUT2D eigenvalue weighted by molar-refractivity contribution is -0.136. The van der Waals surface area contributed by atoms with Gasteiger partial charge in [0.1, 0.15) is 5.75 Å². The lowest BCUT2D eigenvalue weighted by Gasteiger charge is -2.11. The normalized spacial score (nSPS) is 16.3. The zero-order valence-corrected chi connectivity index (χ0v) is 17.3. The molecule has 0 unspecified atom stereocenters.